The molecule has 4 heteroatoms. The molecule has 1 rings (SSSR count). The Labute approximate surface area is 96.5 Å². The molecule has 3 nitrogen and oxygen atoms in total. The fourth-order valence-corrected chi connectivity index (χ4v) is 1.53. The summed E-state index contributed by atoms with van der Waals surface area (Å²) in [6, 6.07) is 0.530. The quantitative estimate of drug-likeness (QED) is 0.775. The lowest BCUT2D eigenvalue weighted by molar-refractivity contribution is 0.210. The Morgan fingerprint density at radius 1 is 1.33 bits per heavy atom. The second-order valence-electron chi connectivity index (χ2n) is 3.89. The highest BCUT2D eigenvalue weighted by atomic mass is 35.5. The van der Waals surface area contributed by atoms with Crippen LogP contribution in [0.15, 0.2) is 12.4 Å². The van der Waals surface area contributed by atoms with E-state index in [1.807, 2.05) is 0 Å². The van der Waals surface area contributed by atoms with Gasteiger partial charge in [0.2, 0.25) is 0 Å². The van der Waals surface area contributed by atoms with E-state index in [1.165, 1.54) is 0 Å². The first-order valence-corrected chi connectivity index (χ1v) is 5.71. The van der Waals surface area contributed by atoms with Gasteiger partial charge in [0.1, 0.15) is 5.15 Å². The van der Waals surface area contributed by atoms with Crippen molar-refractivity contribution >= 4 is 11.6 Å². The van der Waals surface area contributed by atoms with Crippen LogP contribution in [-0.2, 0) is 6.54 Å². The van der Waals surface area contributed by atoms with Crippen LogP contribution in [-0.4, -0.2) is 27.5 Å². The predicted octanol–water partition coefficient (Wildman–Crippen LogP) is 2.75. The second-order valence-corrected chi connectivity index (χ2v) is 4.28. The summed E-state index contributed by atoms with van der Waals surface area (Å²) in [5.41, 5.74) is 0.974. The minimum Gasteiger partial charge on any atom is -0.295 e. The van der Waals surface area contributed by atoms with Crippen molar-refractivity contribution in [2.75, 3.05) is 6.54 Å². The average molecular weight is 228 g/mol. The molecule has 0 radical (unpaired) electrons. The summed E-state index contributed by atoms with van der Waals surface area (Å²) in [7, 11) is 0. The number of nitrogens with zero attached hydrogens (tertiary/aromatic N) is 3. The smallest absolute Gasteiger partial charge is 0.147 e. The molecule has 0 saturated carbocycles. The van der Waals surface area contributed by atoms with Crippen LogP contribution in [0.4, 0.5) is 0 Å². The van der Waals surface area contributed by atoms with E-state index in [4.69, 9.17) is 11.6 Å². The van der Waals surface area contributed by atoms with Crippen LogP contribution in [0.3, 0.4) is 0 Å². The molecule has 0 aliphatic rings. The molecule has 0 unspecified atom stereocenters. The third kappa shape index (κ3) is 4.14. The lowest BCUT2D eigenvalue weighted by atomic mass is 10.2. The monoisotopic (exact) mass is 227 g/mol. The fourth-order valence-electron chi connectivity index (χ4n) is 1.44. The molecule has 1 aromatic rings. The number of hydrogen-bond donors (Lipinski definition) is 0. The van der Waals surface area contributed by atoms with Gasteiger partial charge in [0, 0.05) is 12.6 Å². The van der Waals surface area contributed by atoms with Crippen molar-refractivity contribution in [3.8, 4) is 0 Å². The molecule has 0 amide bonds. The molecule has 0 N–H and O–H groups in total. The summed E-state index contributed by atoms with van der Waals surface area (Å²) in [5.74, 6) is 0. The van der Waals surface area contributed by atoms with E-state index in [2.05, 4.69) is 35.6 Å². The van der Waals surface area contributed by atoms with E-state index in [0.717, 1.165) is 25.2 Å². The van der Waals surface area contributed by atoms with Gasteiger partial charge in [-0.15, -0.1) is 0 Å². The first-order valence-electron chi connectivity index (χ1n) is 5.34. The molecule has 84 valence electrons. The van der Waals surface area contributed by atoms with Gasteiger partial charge in [-0.1, -0.05) is 18.5 Å². The van der Waals surface area contributed by atoms with Gasteiger partial charge in [-0.05, 0) is 26.8 Å². The molecule has 0 bridgehead atoms. The molecular weight excluding hydrogens is 210 g/mol. The molecule has 0 atom stereocenters. The highest BCUT2D eigenvalue weighted by Gasteiger charge is 2.09. The Balaban J connectivity index is 2.61. The highest BCUT2D eigenvalue weighted by Crippen LogP contribution is 2.07. The van der Waals surface area contributed by atoms with E-state index < -0.39 is 0 Å². The molecule has 0 aliphatic heterocycles. The Hall–Kier alpha value is -0.670. The van der Waals surface area contributed by atoms with Gasteiger partial charge < -0.3 is 0 Å². The molecular formula is C11H18ClN3. The maximum Gasteiger partial charge on any atom is 0.147 e. The molecule has 0 fully saturated rings. The van der Waals surface area contributed by atoms with Crippen LogP contribution in [0.5, 0.6) is 0 Å². The lowest BCUT2D eigenvalue weighted by Crippen LogP contribution is -2.31. The first kappa shape index (κ1) is 12.4. The topological polar surface area (TPSA) is 29.0 Å². The third-order valence-electron chi connectivity index (χ3n) is 2.28. The average Bonchev–Trinajstić information content (AvgIpc) is 2.20. The van der Waals surface area contributed by atoms with E-state index in [9.17, 15) is 0 Å². The summed E-state index contributed by atoms with van der Waals surface area (Å²) in [5, 5.41) is 0.449. The minimum atomic E-state index is 0.449. The third-order valence-corrected chi connectivity index (χ3v) is 2.48. The molecule has 1 heterocycles. The Kier molecular flexibility index (Phi) is 4.99. The van der Waals surface area contributed by atoms with Crippen molar-refractivity contribution in [1.29, 1.82) is 0 Å². The summed E-state index contributed by atoms with van der Waals surface area (Å²) in [6.45, 7) is 8.50. The SMILES string of the molecule is CCCN(Cc1cnc(Cl)cn1)C(C)C. The maximum atomic E-state index is 5.68. The lowest BCUT2D eigenvalue weighted by Gasteiger charge is -2.25. The fraction of sp³-hybridized carbons (Fsp3) is 0.636. The Morgan fingerprint density at radius 2 is 2.07 bits per heavy atom. The normalized spacial score (nSPS) is 11.3. The van der Waals surface area contributed by atoms with Gasteiger partial charge in [-0.3, -0.25) is 9.88 Å². The largest absolute Gasteiger partial charge is 0.295 e. The van der Waals surface area contributed by atoms with E-state index in [-0.39, 0.29) is 0 Å². The number of halogens is 1. The van der Waals surface area contributed by atoms with Crippen molar-refractivity contribution in [1.82, 2.24) is 14.9 Å². The zero-order valence-electron chi connectivity index (χ0n) is 9.57. The van der Waals surface area contributed by atoms with Gasteiger partial charge >= 0.3 is 0 Å². The molecule has 0 saturated heterocycles. The van der Waals surface area contributed by atoms with Crippen LogP contribution >= 0.6 is 11.6 Å². The molecule has 0 spiro atoms. The van der Waals surface area contributed by atoms with Crippen molar-refractivity contribution in [2.24, 2.45) is 0 Å². The van der Waals surface area contributed by atoms with Crippen molar-refractivity contribution in [3.63, 3.8) is 0 Å². The van der Waals surface area contributed by atoms with Crippen molar-refractivity contribution < 1.29 is 0 Å². The van der Waals surface area contributed by atoms with Crippen LogP contribution in [0.25, 0.3) is 0 Å². The zero-order chi connectivity index (χ0) is 11.3. The van der Waals surface area contributed by atoms with E-state index >= 15 is 0 Å². The highest BCUT2D eigenvalue weighted by molar-refractivity contribution is 6.29. The van der Waals surface area contributed by atoms with Crippen LogP contribution in [0.1, 0.15) is 32.9 Å². The summed E-state index contributed by atoms with van der Waals surface area (Å²) >= 11 is 5.68. The molecule has 1 aromatic heterocycles. The number of aromatic nitrogens is 2. The van der Waals surface area contributed by atoms with Gasteiger partial charge in [0.25, 0.3) is 0 Å². The minimum absolute atomic E-state index is 0.449. The number of hydrogen-bond acceptors (Lipinski definition) is 3. The van der Waals surface area contributed by atoms with E-state index in [0.29, 0.717) is 11.2 Å². The van der Waals surface area contributed by atoms with Crippen LogP contribution in [0, 0.1) is 0 Å². The Bertz CT molecular complexity index is 284. The van der Waals surface area contributed by atoms with Crippen molar-refractivity contribution in [3.05, 3.63) is 23.2 Å². The summed E-state index contributed by atoms with van der Waals surface area (Å²) < 4.78 is 0. The predicted molar refractivity (Wildman–Crippen MR) is 62.9 cm³/mol. The van der Waals surface area contributed by atoms with Crippen LogP contribution in [0.2, 0.25) is 5.15 Å². The first-order chi connectivity index (χ1) is 7.13. The maximum absolute atomic E-state index is 5.68. The molecule has 15 heavy (non-hydrogen) atoms. The second kappa shape index (κ2) is 6.03. The number of rotatable bonds is 5. The Morgan fingerprint density at radius 3 is 2.53 bits per heavy atom. The van der Waals surface area contributed by atoms with Crippen molar-refractivity contribution in [2.45, 2.75) is 39.8 Å². The van der Waals surface area contributed by atoms with Gasteiger partial charge in [-0.2, -0.15) is 0 Å². The van der Waals surface area contributed by atoms with Gasteiger partial charge in [0.05, 0.1) is 18.1 Å². The van der Waals surface area contributed by atoms with Gasteiger partial charge in [0.15, 0.2) is 0 Å². The van der Waals surface area contributed by atoms with Crippen LogP contribution < -0.4 is 0 Å². The van der Waals surface area contributed by atoms with Gasteiger partial charge in [-0.25, -0.2) is 4.98 Å². The standard InChI is InChI=1S/C11H18ClN3/c1-4-5-15(9(2)3)8-10-6-14-11(12)7-13-10/h6-7,9H,4-5,8H2,1-3H3. The zero-order valence-corrected chi connectivity index (χ0v) is 10.3. The summed E-state index contributed by atoms with van der Waals surface area (Å²) in [4.78, 5) is 10.6. The summed E-state index contributed by atoms with van der Waals surface area (Å²) in [6.07, 6.45) is 4.49. The molecule has 0 aromatic carbocycles. The molecule has 0 aliphatic carbocycles. The van der Waals surface area contributed by atoms with E-state index in [1.54, 1.807) is 12.4 Å².